The third-order valence-corrected chi connectivity index (χ3v) is 4.19. The zero-order valence-corrected chi connectivity index (χ0v) is 12.9. The first-order chi connectivity index (χ1) is 10.7. The van der Waals surface area contributed by atoms with Crippen LogP contribution in [0.4, 0.5) is 0 Å². The molecule has 0 N–H and O–H groups in total. The van der Waals surface area contributed by atoms with Gasteiger partial charge in [0.15, 0.2) is 0 Å². The number of hydrogen-bond acceptors (Lipinski definition) is 4. The third kappa shape index (κ3) is 3.50. The number of aryl methyl sites for hydroxylation is 2. The first-order valence-electron chi connectivity index (χ1n) is 7.75. The molecule has 2 aromatic rings. The van der Waals surface area contributed by atoms with Crippen molar-refractivity contribution < 1.29 is 4.79 Å². The molecule has 0 aliphatic carbocycles. The lowest BCUT2D eigenvalue weighted by molar-refractivity contribution is -0.132. The van der Waals surface area contributed by atoms with Gasteiger partial charge >= 0.3 is 0 Å². The summed E-state index contributed by atoms with van der Waals surface area (Å²) in [5, 5.41) is 4.22. The van der Waals surface area contributed by atoms with Crippen LogP contribution < -0.4 is 0 Å². The lowest BCUT2D eigenvalue weighted by Crippen LogP contribution is -2.38. The summed E-state index contributed by atoms with van der Waals surface area (Å²) >= 11 is 0. The Morgan fingerprint density at radius 3 is 2.82 bits per heavy atom. The van der Waals surface area contributed by atoms with Gasteiger partial charge in [0, 0.05) is 50.1 Å². The van der Waals surface area contributed by atoms with E-state index in [0.29, 0.717) is 18.9 Å². The van der Waals surface area contributed by atoms with Crippen LogP contribution in [-0.4, -0.2) is 43.6 Å². The summed E-state index contributed by atoms with van der Waals surface area (Å²) in [5.74, 6) is 0.662. The molecule has 116 valence electrons. The number of piperidine rings is 1. The molecule has 0 aromatic carbocycles. The van der Waals surface area contributed by atoms with Gasteiger partial charge in [-0.3, -0.25) is 9.48 Å². The number of nitrogens with zero attached hydrogens (tertiary/aromatic N) is 5. The van der Waals surface area contributed by atoms with Crippen LogP contribution in [0.5, 0.6) is 0 Å². The van der Waals surface area contributed by atoms with Crippen molar-refractivity contribution in [2.45, 2.75) is 38.6 Å². The minimum Gasteiger partial charge on any atom is -0.343 e. The van der Waals surface area contributed by atoms with Crippen molar-refractivity contribution in [1.29, 1.82) is 0 Å². The maximum Gasteiger partial charge on any atom is 0.224 e. The maximum atomic E-state index is 12.3. The molecule has 0 radical (unpaired) electrons. The number of rotatable bonds is 4. The number of likely N-dealkylation sites (tertiary alicyclic amines) is 1. The molecule has 2 aromatic heterocycles. The zero-order chi connectivity index (χ0) is 15.4. The van der Waals surface area contributed by atoms with E-state index in [2.05, 4.69) is 15.1 Å². The van der Waals surface area contributed by atoms with E-state index in [9.17, 15) is 4.79 Å². The summed E-state index contributed by atoms with van der Waals surface area (Å²) in [6.07, 6.45) is 9.63. The molecule has 3 rings (SSSR count). The molecule has 1 aliphatic heterocycles. The Hall–Kier alpha value is -2.24. The molecule has 0 unspecified atom stereocenters. The lowest BCUT2D eigenvalue weighted by atomic mass is 9.93. The Morgan fingerprint density at radius 2 is 2.18 bits per heavy atom. The van der Waals surface area contributed by atoms with E-state index in [0.717, 1.165) is 37.2 Å². The summed E-state index contributed by atoms with van der Waals surface area (Å²) in [4.78, 5) is 22.5. The van der Waals surface area contributed by atoms with Crippen molar-refractivity contribution in [1.82, 2.24) is 24.6 Å². The fraction of sp³-hybridized carbons (Fsp3) is 0.500. The monoisotopic (exact) mass is 299 g/mol. The molecule has 0 atom stereocenters. The smallest absolute Gasteiger partial charge is 0.224 e. The molecule has 6 nitrogen and oxygen atoms in total. The zero-order valence-electron chi connectivity index (χ0n) is 12.9. The van der Waals surface area contributed by atoms with Gasteiger partial charge in [0.1, 0.15) is 6.33 Å². The normalized spacial score (nSPS) is 16.0. The standard InChI is InChI=1S/C16H21N5O/c1-13-10-19-21(11-13)9-5-16(22)20-7-3-14(4-8-20)15-2-6-17-12-18-15/h2,6,10-12,14H,3-5,7-9H2,1H3. The summed E-state index contributed by atoms with van der Waals surface area (Å²) in [6, 6.07) is 1.97. The van der Waals surface area contributed by atoms with E-state index in [-0.39, 0.29) is 5.91 Å². The quantitative estimate of drug-likeness (QED) is 0.863. The first-order valence-corrected chi connectivity index (χ1v) is 7.75. The van der Waals surface area contributed by atoms with Gasteiger partial charge in [0.05, 0.1) is 6.20 Å². The average Bonchev–Trinajstić information content (AvgIpc) is 2.99. The number of carbonyl (C=O) groups excluding carboxylic acids is 1. The van der Waals surface area contributed by atoms with Gasteiger partial charge < -0.3 is 4.90 Å². The molecule has 22 heavy (non-hydrogen) atoms. The van der Waals surface area contributed by atoms with Gasteiger partial charge in [-0.2, -0.15) is 5.10 Å². The van der Waals surface area contributed by atoms with Crippen LogP contribution in [0.25, 0.3) is 0 Å². The summed E-state index contributed by atoms with van der Waals surface area (Å²) < 4.78 is 1.83. The fourth-order valence-electron chi connectivity index (χ4n) is 2.92. The molecule has 1 saturated heterocycles. The van der Waals surface area contributed by atoms with Crippen LogP contribution in [0.15, 0.2) is 31.0 Å². The third-order valence-electron chi connectivity index (χ3n) is 4.19. The van der Waals surface area contributed by atoms with Gasteiger partial charge in [-0.1, -0.05) is 0 Å². The molecule has 0 spiro atoms. The number of amides is 1. The van der Waals surface area contributed by atoms with E-state index in [1.807, 2.05) is 35.0 Å². The minimum absolute atomic E-state index is 0.217. The van der Waals surface area contributed by atoms with E-state index >= 15 is 0 Å². The number of carbonyl (C=O) groups is 1. The van der Waals surface area contributed by atoms with E-state index < -0.39 is 0 Å². The van der Waals surface area contributed by atoms with Crippen LogP contribution >= 0.6 is 0 Å². The van der Waals surface area contributed by atoms with E-state index in [4.69, 9.17) is 0 Å². The molecule has 1 aliphatic rings. The predicted molar refractivity (Wildman–Crippen MR) is 82.2 cm³/mol. The van der Waals surface area contributed by atoms with Crippen molar-refractivity contribution in [3.63, 3.8) is 0 Å². The summed E-state index contributed by atoms with van der Waals surface area (Å²) in [7, 11) is 0. The highest BCUT2D eigenvalue weighted by molar-refractivity contribution is 5.76. The highest BCUT2D eigenvalue weighted by Crippen LogP contribution is 2.26. The van der Waals surface area contributed by atoms with Crippen LogP contribution in [-0.2, 0) is 11.3 Å². The Kier molecular flexibility index (Phi) is 4.46. The average molecular weight is 299 g/mol. The van der Waals surface area contributed by atoms with E-state index in [1.165, 1.54) is 0 Å². The molecule has 3 heterocycles. The van der Waals surface area contributed by atoms with Crippen LogP contribution in [0.3, 0.4) is 0 Å². The van der Waals surface area contributed by atoms with Crippen LogP contribution in [0.2, 0.25) is 0 Å². The largest absolute Gasteiger partial charge is 0.343 e. The van der Waals surface area contributed by atoms with Crippen molar-refractivity contribution in [2.75, 3.05) is 13.1 Å². The molecule has 0 saturated carbocycles. The van der Waals surface area contributed by atoms with Crippen LogP contribution in [0, 0.1) is 6.92 Å². The second-order valence-corrected chi connectivity index (χ2v) is 5.82. The first kappa shape index (κ1) is 14.7. The Balaban J connectivity index is 1.47. The van der Waals surface area contributed by atoms with Gasteiger partial charge in [0.25, 0.3) is 0 Å². The van der Waals surface area contributed by atoms with Crippen molar-refractivity contribution >= 4 is 5.91 Å². The highest BCUT2D eigenvalue weighted by Gasteiger charge is 2.24. The van der Waals surface area contributed by atoms with Gasteiger partial charge in [0.2, 0.25) is 5.91 Å². The Labute approximate surface area is 130 Å². The minimum atomic E-state index is 0.217. The van der Waals surface area contributed by atoms with E-state index in [1.54, 1.807) is 12.5 Å². The van der Waals surface area contributed by atoms with Gasteiger partial charge in [-0.05, 0) is 31.4 Å². The predicted octanol–water partition coefficient (Wildman–Crippen LogP) is 1.78. The number of hydrogen-bond donors (Lipinski definition) is 0. The topological polar surface area (TPSA) is 63.9 Å². The van der Waals surface area contributed by atoms with Crippen molar-refractivity contribution in [3.05, 3.63) is 42.2 Å². The molecule has 1 amide bonds. The second-order valence-electron chi connectivity index (χ2n) is 5.82. The van der Waals surface area contributed by atoms with Crippen LogP contribution in [0.1, 0.15) is 36.4 Å². The second kappa shape index (κ2) is 6.68. The van der Waals surface area contributed by atoms with Crippen molar-refractivity contribution in [3.8, 4) is 0 Å². The fourth-order valence-corrected chi connectivity index (χ4v) is 2.92. The highest BCUT2D eigenvalue weighted by atomic mass is 16.2. The Morgan fingerprint density at radius 1 is 1.36 bits per heavy atom. The molecular weight excluding hydrogens is 278 g/mol. The Bertz CT molecular complexity index is 616. The van der Waals surface area contributed by atoms with Crippen molar-refractivity contribution in [2.24, 2.45) is 0 Å². The van der Waals surface area contributed by atoms with Gasteiger partial charge in [-0.25, -0.2) is 9.97 Å². The molecule has 6 heteroatoms. The summed E-state index contributed by atoms with van der Waals surface area (Å²) in [5.41, 5.74) is 2.22. The molecule has 1 fully saturated rings. The molecule has 0 bridgehead atoms. The lowest BCUT2D eigenvalue weighted by Gasteiger charge is -2.31. The van der Waals surface area contributed by atoms with Gasteiger partial charge in [-0.15, -0.1) is 0 Å². The SMILES string of the molecule is Cc1cnn(CCC(=O)N2CCC(c3ccncn3)CC2)c1. The summed E-state index contributed by atoms with van der Waals surface area (Å²) in [6.45, 7) is 4.28. The maximum absolute atomic E-state index is 12.3. The molecular formula is C16H21N5O. The number of aromatic nitrogens is 4.